The molecule has 1 unspecified atom stereocenters. The van der Waals surface area contributed by atoms with Crippen LogP contribution in [0.2, 0.25) is 0 Å². The lowest BCUT2D eigenvalue weighted by Crippen LogP contribution is -2.16. The lowest BCUT2D eigenvalue weighted by Gasteiger charge is -2.14. The fraction of sp³-hybridized carbons (Fsp3) is 0.733. The molecule has 108 valence electrons. The molecule has 1 N–H and O–H groups in total. The van der Waals surface area contributed by atoms with E-state index in [1.165, 1.54) is 32.1 Å². The molecular weight excluding hydrogens is 238 g/mol. The van der Waals surface area contributed by atoms with Crippen molar-refractivity contribution in [1.82, 2.24) is 9.97 Å². The van der Waals surface area contributed by atoms with Crippen LogP contribution < -0.4 is 10.1 Å². The van der Waals surface area contributed by atoms with E-state index in [-0.39, 0.29) is 0 Å². The van der Waals surface area contributed by atoms with Crippen molar-refractivity contribution in [2.75, 3.05) is 11.9 Å². The Morgan fingerprint density at radius 3 is 2.74 bits per heavy atom. The normalized spacial score (nSPS) is 12.2. The minimum Gasteiger partial charge on any atom is -0.478 e. The lowest BCUT2D eigenvalue weighted by molar-refractivity contribution is 0.305. The number of hydrogen-bond acceptors (Lipinski definition) is 4. The van der Waals surface area contributed by atoms with Crippen LogP contribution in [-0.2, 0) is 0 Å². The Balaban J connectivity index is 2.34. The molecule has 0 aromatic carbocycles. The number of aromatic nitrogens is 2. The largest absolute Gasteiger partial charge is 0.478 e. The average Bonchev–Trinajstić information content (AvgIpc) is 2.42. The summed E-state index contributed by atoms with van der Waals surface area (Å²) in [6.07, 6.45) is 8.91. The molecule has 0 saturated carbocycles. The third-order valence-electron chi connectivity index (χ3n) is 2.98. The van der Waals surface area contributed by atoms with Crippen LogP contribution in [0.4, 0.5) is 5.82 Å². The number of nitrogens with one attached hydrogen (secondary N) is 1. The van der Waals surface area contributed by atoms with Gasteiger partial charge < -0.3 is 10.1 Å². The molecule has 0 saturated heterocycles. The van der Waals surface area contributed by atoms with E-state index in [1.54, 1.807) is 6.33 Å². The fourth-order valence-corrected chi connectivity index (χ4v) is 1.91. The average molecular weight is 265 g/mol. The summed E-state index contributed by atoms with van der Waals surface area (Å²) < 4.78 is 5.50. The third kappa shape index (κ3) is 6.99. The molecule has 1 atom stereocenters. The van der Waals surface area contributed by atoms with E-state index in [0.29, 0.717) is 18.5 Å². The second-order valence-electron chi connectivity index (χ2n) is 4.98. The highest BCUT2D eigenvalue weighted by Crippen LogP contribution is 2.14. The molecule has 0 amide bonds. The monoisotopic (exact) mass is 265 g/mol. The molecule has 0 aliphatic carbocycles. The number of unbranched alkanes of at least 4 members (excludes halogenated alkanes) is 3. The summed E-state index contributed by atoms with van der Waals surface area (Å²) in [5.74, 6) is 1.50. The van der Waals surface area contributed by atoms with Gasteiger partial charge in [0.2, 0.25) is 5.88 Å². The first-order valence-electron chi connectivity index (χ1n) is 7.47. The van der Waals surface area contributed by atoms with Crippen molar-refractivity contribution in [2.45, 2.75) is 65.3 Å². The zero-order chi connectivity index (χ0) is 13.9. The van der Waals surface area contributed by atoms with Crippen molar-refractivity contribution in [2.24, 2.45) is 0 Å². The standard InChI is InChI=1S/C15H27N3O/c1-4-6-7-8-9-13(3)18-14-11-15(17-12-16-14)19-10-5-2/h11-13H,4-10H2,1-3H3,(H,16,17,18). The first-order chi connectivity index (χ1) is 9.26. The second-order valence-corrected chi connectivity index (χ2v) is 4.98. The van der Waals surface area contributed by atoms with Crippen molar-refractivity contribution in [3.8, 4) is 5.88 Å². The van der Waals surface area contributed by atoms with E-state index in [4.69, 9.17) is 4.74 Å². The van der Waals surface area contributed by atoms with Crippen molar-refractivity contribution >= 4 is 5.82 Å². The van der Waals surface area contributed by atoms with Gasteiger partial charge >= 0.3 is 0 Å². The number of anilines is 1. The summed E-state index contributed by atoms with van der Waals surface area (Å²) in [6.45, 7) is 7.21. The SMILES string of the molecule is CCCCCCC(C)Nc1cc(OCCC)ncn1. The highest BCUT2D eigenvalue weighted by Gasteiger charge is 2.04. The first-order valence-corrected chi connectivity index (χ1v) is 7.47. The van der Waals surface area contributed by atoms with Gasteiger partial charge in [-0.15, -0.1) is 0 Å². The summed E-state index contributed by atoms with van der Waals surface area (Å²) in [4.78, 5) is 8.33. The van der Waals surface area contributed by atoms with Gasteiger partial charge in [-0.05, 0) is 19.8 Å². The Kier molecular flexibility index (Phi) is 7.94. The molecule has 0 spiro atoms. The van der Waals surface area contributed by atoms with Crippen LogP contribution in [0.15, 0.2) is 12.4 Å². The summed E-state index contributed by atoms with van der Waals surface area (Å²) in [7, 11) is 0. The van der Waals surface area contributed by atoms with Crippen molar-refractivity contribution in [3.05, 3.63) is 12.4 Å². The van der Waals surface area contributed by atoms with Gasteiger partial charge in [-0.3, -0.25) is 0 Å². The molecule has 1 rings (SSSR count). The molecule has 4 nitrogen and oxygen atoms in total. The van der Waals surface area contributed by atoms with Gasteiger partial charge in [-0.1, -0.05) is 39.5 Å². The Morgan fingerprint density at radius 1 is 1.16 bits per heavy atom. The fourth-order valence-electron chi connectivity index (χ4n) is 1.91. The first kappa shape index (κ1) is 15.7. The summed E-state index contributed by atoms with van der Waals surface area (Å²) in [5.41, 5.74) is 0. The Labute approximate surface area is 117 Å². The van der Waals surface area contributed by atoms with Crippen LogP contribution in [0, 0.1) is 0 Å². The lowest BCUT2D eigenvalue weighted by atomic mass is 10.1. The van der Waals surface area contributed by atoms with Gasteiger partial charge in [-0.2, -0.15) is 0 Å². The Bertz CT molecular complexity index is 344. The van der Waals surface area contributed by atoms with E-state index in [1.807, 2.05) is 6.07 Å². The van der Waals surface area contributed by atoms with Gasteiger partial charge in [0.05, 0.1) is 6.61 Å². The maximum Gasteiger partial charge on any atom is 0.218 e. The summed E-state index contributed by atoms with van der Waals surface area (Å²) >= 11 is 0. The Hall–Kier alpha value is -1.32. The van der Waals surface area contributed by atoms with E-state index in [2.05, 4.69) is 36.1 Å². The molecule has 0 fully saturated rings. The maximum absolute atomic E-state index is 5.50. The number of rotatable bonds is 10. The number of nitrogens with zero attached hydrogens (tertiary/aromatic N) is 2. The van der Waals surface area contributed by atoms with Gasteiger partial charge in [0.25, 0.3) is 0 Å². The minimum atomic E-state index is 0.436. The maximum atomic E-state index is 5.50. The molecular formula is C15H27N3O. The molecule has 1 aromatic heterocycles. The van der Waals surface area contributed by atoms with E-state index < -0.39 is 0 Å². The van der Waals surface area contributed by atoms with Crippen molar-refractivity contribution in [1.29, 1.82) is 0 Å². The predicted octanol–water partition coefficient (Wildman–Crippen LogP) is 4.04. The second kappa shape index (κ2) is 9.59. The zero-order valence-electron chi connectivity index (χ0n) is 12.5. The predicted molar refractivity (Wildman–Crippen MR) is 79.7 cm³/mol. The molecule has 0 aliphatic rings. The van der Waals surface area contributed by atoms with Gasteiger partial charge in [0.15, 0.2) is 0 Å². The molecule has 4 heteroatoms. The van der Waals surface area contributed by atoms with E-state index in [9.17, 15) is 0 Å². The molecule has 0 aliphatic heterocycles. The highest BCUT2D eigenvalue weighted by molar-refractivity contribution is 5.37. The van der Waals surface area contributed by atoms with Crippen LogP contribution in [0.25, 0.3) is 0 Å². The van der Waals surface area contributed by atoms with Crippen LogP contribution >= 0.6 is 0 Å². The minimum absolute atomic E-state index is 0.436. The Morgan fingerprint density at radius 2 is 2.00 bits per heavy atom. The van der Waals surface area contributed by atoms with Crippen LogP contribution in [0.1, 0.15) is 59.3 Å². The van der Waals surface area contributed by atoms with Crippen LogP contribution in [0.5, 0.6) is 5.88 Å². The smallest absolute Gasteiger partial charge is 0.218 e. The van der Waals surface area contributed by atoms with Gasteiger partial charge in [0.1, 0.15) is 12.1 Å². The van der Waals surface area contributed by atoms with Crippen LogP contribution in [0.3, 0.4) is 0 Å². The van der Waals surface area contributed by atoms with E-state index >= 15 is 0 Å². The summed E-state index contributed by atoms with van der Waals surface area (Å²) in [6, 6.07) is 2.31. The highest BCUT2D eigenvalue weighted by atomic mass is 16.5. The van der Waals surface area contributed by atoms with Gasteiger partial charge in [0, 0.05) is 12.1 Å². The topological polar surface area (TPSA) is 47.0 Å². The molecule has 1 aromatic rings. The van der Waals surface area contributed by atoms with Gasteiger partial charge in [-0.25, -0.2) is 9.97 Å². The zero-order valence-corrected chi connectivity index (χ0v) is 12.5. The molecule has 0 radical (unpaired) electrons. The third-order valence-corrected chi connectivity index (χ3v) is 2.98. The quantitative estimate of drug-likeness (QED) is 0.649. The molecule has 0 bridgehead atoms. The number of hydrogen-bond donors (Lipinski definition) is 1. The van der Waals surface area contributed by atoms with Crippen molar-refractivity contribution in [3.63, 3.8) is 0 Å². The molecule has 19 heavy (non-hydrogen) atoms. The summed E-state index contributed by atoms with van der Waals surface area (Å²) in [5, 5.41) is 3.40. The molecule has 1 heterocycles. The van der Waals surface area contributed by atoms with Crippen LogP contribution in [-0.4, -0.2) is 22.6 Å². The van der Waals surface area contributed by atoms with E-state index in [0.717, 1.165) is 12.2 Å². The number of ether oxygens (including phenoxy) is 1. The van der Waals surface area contributed by atoms with Crippen molar-refractivity contribution < 1.29 is 4.74 Å².